The zero-order valence-electron chi connectivity index (χ0n) is 11.4. The van der Waals surface area contributed by atoms with Gasteiger partial charge in [-0.2, -0.15) is 9.36 Å². The lowest BCUT2D eigenvalue weighted by molar-refractivity contribution is 0.206. The Morgan fingerprint density at radius 3 is 2.24 bits per heavy atom. The summed E-state index contributed by atoms with van der Waals surface area (Å²) in [4.78, 5) is 4.38. The molecular weight excluding hydrogens is 234 g/mol. The van der Waals surface area contributed by atoms with Gasteiger partial charge >= 0.3 is 0 Å². The van der Waals surface area contributed by atoms with E-state index in [-0.39, 0.29) is 11.0 Å². The molecule has 0 aliphatic heterocycles. The fourth-order valence-corrected chi connectivity index (χ4v) is 1.95. The van der Waals surface area contributed by atoms with Crippen LogP contribution in [0.5, 0.6) is 5.19 Å². The van der Waals surface area contributed by atoms with E-state index in [0.717, 1.165) is 18.7 Å². The molecule has 17 heavy (non-hydrogen) atoms. The zero-order chi connectivity index (χ0) is 13.1. The maximum absolute atomic E-state index is 6.17. The second kappa shape index (κ2) is 5.31. The molecule has 0 fully saturated rings. The van der Waals surface area contributed by atoms with Crippen LogP contribution in [-0.4, -0.2) is 21.5 Å². The Bertz CT molecular complexity index is 353. The molecule has 1 aromatic heterocycles. The molecule has 2 N–H and O–H groups in total. The Balaban J connectivity index is 2.62. The first-order chi connectivity index (χ1) is 7.80. The van der Waals surface area contributed by atoms with Crippen molar-refractivity contribution >= 4 is 11.5 Å². The molecule has 0 bridgehead atoms. The summed E-state index contributed by atoms with van der Waals surface area (Å²) in [6.45, 7) is 10.9. The Morgan fingerprint density at radius 1 is 1.24 bits per heavy atom. The van der Waals surface area contributed by atoms with Gasteiger partial charge in [0.05, 0.1) is 0 Å². The van der Waals surface area contributed by atoms with E-state index in [1.165, 1.54) is 11.5 Å². The Kier molecular flexibility index (Phi) is 4.49. The Labute approximate surface area is 108 Å². The van der Waals surface area contributed by atoms with Gasteiger partial charge in [0.25, 0.3) is 5.19 Å². The largest absolute Gasteiger partial charge is 0.467 e. The number of nitrogens with two attached hydrogens (primary N) is 1. The highest BCUT2D eigenvalue weighted by atomic mass is 32.1. The first-order valence-electron chi connectivity index (χ1n) is 6.06. The zero-order valence-corrected chi connectivity index (χ0v) is 12.2. The molecule has 1 heterocycles. The van der Waals surface area contributed by atoms with Crippen LogP contribution in [0.3, 0.4) is 0 Å². The summed E-state index contributed by atoms with van der Waals surface area (Å²) in [5, 5.41) is 0.617. The summed E-state index contributed by atoms with van der Waals surface area (Å²) >= 11 is 1.30. The number of aromatic nitrogens is 2. The molecule has 0 saturated carbocycles. The minimum Gasteiger partial charge on any atom is -0.467 e. The van der Waals surface area contributed by atoms with E-state index < -0.39 is 0 Å². The molecule has 0 aromatic carbocycles. The average molecular weight is 257 g/mol. The van der Waals surface area contributed by atoms with Crippen molar-refractivity contribution in [3.05, 3.63) is 5.82 Å². The van der Waals surface area contributed by atoms with Gasteiger partial charge in [-0.15, -0.1) is 0 Å². The Hall–Kier alpha value is -0.680. The number of hydrogen-bond acceptors (Lipinski definition) is 5. The van der Waals surface area contributed by atoms with Crippen molar-refractivity contribution in [2.24, 2.45) is 5.73 Å². The topological polar surface area (TPSA) is 61.0 Å². The second-order valence-corrected chi connectivity index (χ2v) is 6.21. The second-order valence-electron chi connectivity index (χ2n) is 5.49. The van der Waals surface area contributed by atoms with Gasteiger partial charge in [0.2, 0.25) is 0 Å². The normalized spacial score (nSPS) is 12.8. The Morgan fingerprint density at radius 2 is 1.82 bits per heavy atom. The fraction of sp³-hybridized carbons (Fsp3) is 0.833. The molecule has 98 valence electrons. The van der Waals surface area contributed by atoms with E-state index in [1.807, 2.05) is 0 Å². The lowest BCUT2D eigenvalue weighted by atomic mass is 9.96. The maximum Gasteiger partial charge on any atom is 0.293 e. The summed E-state index contributed by atoms with van der Waals surface area (Å²) in [5.41, 5.74) is 5.88. The smallest absolute Gasteiger partial charge is 0.293 e. The minimum absolute atomic E-state index is 0.0343. The van der Waals surface area contributed by atoms with Crippen molar-refractivity contribution in [1.29, 1.82) is 0 Å². The van der Waals surface area contributed by atoms with Crippen LogP contribution in [0.25, 0.3) is 0 Å². The molecule has 5 heteroatoms. The van der Waals surface area contributed by atoms with Crippen molar-refractivity contribution in [3.63, 3.8) is 0 Å². The van der Waals surface area contributed by atoms with Crippen molar-refractivity contribution in [1.82, 2.24) is 9.36 Å². The number of nitrogens with zero attached hydrogens (tertiary/aromatic N) is 2. The van der Waals surface area contributed by atoms with Crippen LogP contribution in [0.15, 0.2) is 0 Å². The van der Waals surface area contributed by atoms with Crippen LogP contribution in [-0.2, 0) is 5.41 Å². The summed E-state index contributed by atoms with van der Waals surface area (Å²) < 4.78 is 9.95. The van der Waals surface area contributed by atoms with Crippen molar-refractivity contribution < 1.29 is 4.74 Å². The number of rotatable bonds is 5. The fourth-order valence-electron chi connectivity index (χ4n) is 1.23. The third-order valence-electron chi connectivity index (χ3n) is 2.97. The van der Waals surface area contributed by atoms with Crippen molar-refractivity contribution in [2.45, 2.75) is 58.4 Å². The van der Waals surface area contributed by atoms with Gasteiger partial charge < -0.3 is 10.5 Å². The SMILES string of the molecule is CCC(N)(CC)COc1nc(C(C)(C)C)ns1. The van der Waals surface area contributed by atoms with Gasteiger partial charge in [-0.25, -0.2) is 0 Å². The molecule has 0 amide bonds. The third-order valence-corrected chi connectivity index (χ3v) is 3.60. The van der Waals surface area contributed by atoms with E-state index in [0.29, 0.717) is 11.8 Å². The minimum atomic E-state index is -0.256. The van der Waals surface area contributed by atoms with Gasteiger partial charge in [-0.05, 0) is 12.8 Å². The van der Waals surface area contributed by atoms with Crippen LogP contribution < -0.4 is 10.5 Å². The molecule has 0 aliphatic carbocycles. The van der Waals surface area contributed by atoms with E-state index in [2.05, 4.69) is 44.0 Å². The molecule has 0 unspecified atom stereocenters. The summed E-state index contributed by atoms with van der Waals surface area (Å²) in [5.74, 6) is 0.827. The van der Waals surface area contributed by atoms with Crippen LogP contribution in [0.4, 0.5) is 0 Å². The van der Waals surface area contributed by atoms with E-state index >= 15 is 0 Å². The molecule has 1 aromatic rings. The lowest BCUT2D eigenvalue weighted by Crippen LogP contribution is -2.44. The van der Waals surface area contributed by atoms with Gasteiger partial charge in [0.1, 0.15) is 6.61 Å². The van der Waals surface area contributed by atoms with Gasteiger partial charge in [0, 0.05) is 22.5 Å². The molecule has 0 radical (unpaired) electrons. The summed E-state index contributed by atoms with van der Waals surface area (Å²) in [6, 6.07) is 0. The van der Waals surface area contributed by atoms with Crippen LogP contribution in [0.1, 0.15) is 53.3 Å². The van der Waals surface area contributed by atoms with Crippen LogP contribution in [0, 0.1) is 0 Å². The maximum atomic E-state index is 6.17. The van der Waals surface area contributed by atoms with Crippen molar-refractivity contribution in [3.8, 4) is 5.19 Å². The summed E-state index contributed by atoms with van der Waals surface area (Å²) in [6.07, 6.45) is 1.79. The first kappa shape index (κ1) is 14.4. The van der Waals surface area contributed by atoms with Crippen molar-refractivity contribution in [2.75, 3.05) is 6.61 Å². The van der Waals surface area contributed by atoms with Gasteiger partial charge in [-0.1, -0.05) is 34.6 Å². The highest BCUT2D eigenvalue weighted by molar-refractivity contribution is 7.07. The average Bonchev–Trinajstić information content (AvgIpc) is 2.74. The predicted molar refractivity (Wildman–Crippen MR) is 71.6 cm³/mol. The standard InChI is InChI=1S/C12H23N3OS/c1-6-12(13,7-2)8-16-10-14-9(15-17-10)11(3,4)5/h6-8,13H2,1-5H3. The highest BCUT2D eigenvalue weighted by Crippen LogP contribution is 2.25. The molecule has 1 rings (SSSR count). The van der Waals surface area contributed by atoms with E-state index in [1.54, 1.807) is 0 Å². The molecule has 0 atom stereocenters. The number of ether oxygens (including phenoxy) is 1. The number of hydrogen-bond donors (Lipinski definition) is 1. The quantitative estimate of drug-likeness (QED) is 0.881. The molecule has 0 saturated heterocycles. The predicted octanol–water partition coefficient (Wildman–Crippen LogP) is 2.73. The van der Waals surface area contributed by atoms with Crippen LogP contribution >= 0.6 is 11.5 Å². The lowest BCUT2D eigenvalue weighted by Gasteiger charge is -2.25. The van der Waals surface area contributed by atoms with Crippen LogP contribution in [0.2, 0.25) is 0 Å². The summed E-state index contributed by atoms with van der Waals surface area (Å²) in [7, 11) is 0. The molecule has 0 spiro atoms. The molecular formula is C12H23N3OS. The monoisotopic (exact) mass is 257 g/mol. The molecule has 4 nitrogen and oxygen atoms in total. The third kappa shape index (κ3) is 3.92. The first-order valence-corrected chi connectivity index (χ1v) is 6.84. The van der Waals surface area contributed by atoms with Gasteiger partial charge in [0.15, 0.2) is 5.82 Å². The van der Waals surface area contributed by atoms with E-state index in [4.69, 9.17) is 10.5 Å². The highest BCUT2D eigenvalue weighted by Gasteiger charge is 2.24. The van der Waals surface area contributed by atoms with E-state index in [9.17, 15) is 0 Å². The molecule has 0 aliphatic rings. The van der Waals surface area contributed by atoms with Gasteiger partial charge in [-0.3, -0.25) is 0 Å².